The number of likely N-dealkylation sites (N-methyl/N-ethyl adjacent to an activating group) is 1. The Balaban J connectivity index is 1.85. The van der Waals surface area contributed by atoms with Gasteiger partial charge in [0, 0.05) is 34.7 Å². The molecule has 1 heterocycles. The van der Waals surface area contributed by atoms with Crippen LogP contribution in [0.5, 0.6) is 0 Å². The van der Waals surface area contributed by atoms with Crippen molar-refractivity contribution in [2.45, 2.75) is 6.18 Å². The molecule has 0 saturated heterocycles. The number of thiazole rings is 1. The summed E-state index contributed by atoms with van der Waals surface area (Å²) >= 11 is 7.32. The summed E-state index contributed by atoms with van der Waals surface area (Å²) in [6, 6.07) is 11.2. The van der Waals surface area contributed by atoms with Crippen LogP contribution >= 0.6 is 22.9 Å². The number of halogens is 4. The standard InChI is InChI=1S/C21H20ClF3N4OS/c1-28(2)9-10-29(19(30)26-17-8-4-6-15(12-17)21(23,24)25)20-27-18(13-31-20)14-5-3-7-16(22)11-14/h3-8,11-13H,9-10H2,1-2H3,(H,26,30). The fraction of sp³-hybridized carbons (Fsp3) is 0.238. The van der Waals surface area contributed by atoms with Gasteiger partial charge in [0.2, 0.25) is 0 Å². The van der Waals surface area contributed by atoms with Crippen molar-refractivity contribution in [3.63, 3.8) is 0 Å². The van der Waals surface area contributed by atoms with Crippen molar-refractivity contribution >= 4 is 39.8 Å². The summed E-state index contributed by atoms with van der Waals surface area (Å²) in [5, 5.41) is 5.36. The normalized spacial score (nSPS) is 11.6. The van der Waals surface area contributed by atoms with Crippen LogP contribution in [0, 0.1) is 0 Å². The average molecular weight is 469 g/mol. The van der Waals surface area contributed by atoms with Gasteiger partial charge in [-0.15, -0.1) is 11.3 Å². The zero-order valence-corrected chi connectivity index (χ0v) is 18.4. The molecule has 0 fully saturated rings. The molecule has 1 aromatic heterocycles. The lowest BCUT2D eigenvalue weighted by Crippen LogP contribution is -2.39. The summed E-state index contributed by atoms with van der Waals surface area (Å²) < 4.78 is 39.0. The third kappa shape index (κ3) is 6.19. The maximum absolute atomic E-state index is 13.0. The summed E-state index contributed by atoms with van der Waals surface area (Å²) in [5.74, 6) is 0. The lowest BCUT2D eigenvalue weighted by Gasteiger charge is -2.22. The van der Waals surface area contributed by atoms with Gasteiger partial charge in [-0.3, -0.25) is 4.90 Å². The van der Waals surface area contributed by atoms with Crippen LogP contribution in [0.4, 0.5) is 28.8 Å². The van der Waals surface area contributed by atoms with E-state index in [0.717, 1.165) is 17.7 Å². The molecule has 164 valence electrons. The number of rotatable bonds is 6. The van der Waals surface area contributed by atoms with E-state index in [-0.39, 0.29) is 5.69 Å². The largest absolute Gasteiger partial charge is 0.416 e. The summed E-state index contributed by atoms with van der Waals surface area (Å²) in [6.45, 7) is 0.850. The number of amides is 2. The highest BCUT2D eigenvalue weighted by molar-refractivity contribution is 7.14. The molecule has 0 radical (unpaired) electrons. The number of carbonyl (C=O) groups is 1. The highest BCUT2D eigenvalue weighted by Gasteiger charge is 2.30. The van der Waals surface area contributed by atoms with Crippen molar-refractivity contribution in [2.75, 3.05) is 37.4 Å². The van der Waals surface area contributed by atoms with Crippen LogP contribution < -0.4 is 10.2 Å². The van der Waals surface area contributed by atoms with Crippen LogP contribution in [0.25, 0.3) is 11.3 Å². The van der Waals surface area contributed by atoms with E-state index in [1.165, 1.54) is 28.4 Å². The Morgan fingerprint density at radius 1 is 1.13 bits per heavy atom. The minimum absolute atomic E-state index is 0.0568. The molecule has 0 saturated carbocycles. The molecule has 0 aliphatic heterocycles. The van der Waals surface area contributed by atoms with Gasteiger partial charge in [-0.2, -0.15) is 13.2 Å². The first-order chi connectivity index (χ1) is 14.6. The van der Waals surface area contributed by atoms with Crippen molar-refractivity contribution in [1.29, 1.82) is 0 Å². The summed E-state index contributed by atoms with van der Waals surface area (Å²) in [5.41, 5.74) is 0.689. The molecule has 0 spiro atoms. The molecule has 0 unspecified atom stereocenters. The van der Waals surface area contributed by atoms with E-state index in [1.54, 1.807) is 23.6 Å². The molecular weight excluding hydrogens is 449 g/mol. The summed E-state index contributed by atoms with van der Waals surface area (Å²) in [6.07, 6.45) is -4.49. The molecule has 0 aliphatic rings. The second-order valence-corrected chi connectivity index (χ2v) is 8.26. The Morgan fingerprint density at radius 2 is 1.87 bits per heavy atom. The Hall–Kier alpha value is -2.62. The monoisotopic (exact) mass is 468 g/mol. The number of hydrogen-bond donors (Lipinski definition) is 1. The maximum Gasteiger partial charge on any atom is 0.416 e. The van der Waals surface area contributed by atoms with E-state index < -0.39 is 17.8 Å². The number of aromatic nitrogens is 1. The Labute approximate surface area is 187 Å². The van der Waals surface area contributed by atoms with Crippen LogP contribution in [-0.4, -0.2) is 43.1 Å². The van der Waals surface area contributed by atoms with Crippen molar-refractivity contribution in [3.8, 4) is 11.3 Å². The zero-order chi connectivity index (χ0) is 22.6. The van der Waals surface area contributed by atoms with E-state index >= 15 is 0 Å². The Morgan fingerprint density at radius 3 is 2.55 bits per heavy atom. The summed E-state index contributed by atoms with van der Waals surface area (Å²) in [7, 11) is 3.73. The number of anilines is 2. The molecule has 2 aromatic carbocycles. The lowest BCUT2D eigenvalue weighted by atomic mass is 10.2. The minimum atomic E-state index is -4.49. The van der Waals surface area contributed by atoms with Gasteiger partial charge in [-0.1, -0.05) is 29.8 Å². The van der Waals surface area contributed by atoms with E-state index in [2.05, 4.69) is 10.3 Å². The number of alkyl halides is 3. The number of nitrogens with zero attached hydrogens (tertiary/aromatic N) is 3. The third-order valence-electron chi connectivity index (χ3n) is 4.30. The van der Waals surface area contributed by atoms with Crippen LogP contribution in [0.15, 0.2) is 53.9 Å². The highest BCUT2D eigenvalue weighted by atomic mass is 35.5. The Kier molecular flexibility index (Phi) is 7.19. The van der Waals surface area contributed by atoms with Crippen LogP contribution in [0.3, 0.4) is 0 Å². The number of nitrogens with one attached hydrogen (secondary N) is 1. The van der Waals surface area contributed by atoms with Gasteiger partial charge in [0.05, 0.1) is 11.3 Å². The second-order valence-electron chi connectivity index (χ2n) is 6.99. The van der Waals surface area contributed by atoms with E-state index in [4.69, 9.17) is 11.6 Å². The quantitative estimate of drug-likeness (QED) is 0.476. The second kappa shape index (κ2) is 9.67. The maximum atomic E-state index is 13.0. The van der Waals surface area contributed by atoms with Crippen LogP contribution in [-0.2, 0) is 6.18 Å². The molecule has 3 rings (SSSR count). The number of benzene rings is 2. The molecule has 31 heavy (non-hydrogen) atoms. The van der Waals surface area contributed by atoms with Gasteiger partial charge < -0.3 is 10.2 Å². The fourth-order valence-electron chi connectivity index (χ4n) is 2.72. The number of urea groups is 1. The number of hydrogen-bond acceptors (Lipinski definition) is 4. The molecule has 3 aromatic rings. The Bertz CT molecular complexity index is 1050. The van der Waals surface area contributed by atoms with Gasteiger partial charge in [0.15, 0.2) is 5.13 Å². The summed E-state index contributed by atoms with van der Waals surface area (Å²) in [4.78, 5) is 20.8. The van der Waals surface area contributed by atoms with Crippen molar-refractivity contribution in [2.24, 2.45) is 0 Å². The van der Waals surface area contributed by atoms with Gasteiger partial charge >= 0.3 is 12.2 Å². The predicted octanol–water partition coefficient (Wildman–Crippen LogP) is 6.08. The van der Waals surface area contributed by atoms with Crippen molar-refractivity contribution in [1.82, 2.24) is 9.88 Å². The van der Waals surface area contributed by atoms with E-state index in [0.29, 0.717) is 28.9 Å². The number of carbonyl (C=O) groups excluding carboxylic acids is 1. The van der Waals surface area contributed by atoms with Gasteiger partial charge in [0.1, 0.15) is 0 Å². The molecule has 0 aliphatic carbocycles. The lowest BCUT2D eigenvalue weighted by molar-refractivity contribution is -0.137. The zero-order valence-electron chi connectivity index (χ0n) is 16.8. The first-order valence-corrected chi connectivity index (χ1v) is 10.5. The molecule has 0 atom stereocenters. The van der Waals surface area contributed by atoms with Crippen molar-refractivity contribution in [3.05, 3.63) is 64.5 Å². The van der Waals surface area contributed by atoms with Crippen LogP contribution in [0.1, 0.15) is 5.56 Å². The minimum Gasteiger partial charge on any atom is -0.308 e. The molecule has 0 bridgehead atoms. The fourth-order valence-corrected chi connectivity index (χ4v) is 3.77. The topological polar surface area (TPSA) is 48.5 Å². The van der Waals surface area contributed by atoms with Crippen molar-refractivity contribution < 1.29 is 18.0 Å². The smallest absolute Gasteiger partial charge is 0.308 e. The van der Waals surface area contributed by atoms with E-state index in [1.807, 2.05) is 25.1 Å². The highest BCUT2D eigenvalue weighted by Crippen LogP contribution is 2.32. The first-order valence-electron chi connectivity index (χ1n) is 9.25. The molecule has 1 N–H and O–H groups in total. The molecule has 2 amide bonds. The molecule has 5 nitrogen and oxygen atoms in total. The van der Waals surface area contributed by atoms with Gasteiger partial charge in [-0.05, 0) is 44.4 Å². The van der Waals surface area contributed by atoms with Gasteiger partial charge in [0.25, 0.3) is 0 Å². The molecular formula is C21H20ClF3N4OS. The van der Waals surface area contributed by atoms with E-state index in [9.17, 15) is 18.0 Å². The van der Waals surface area contributed by atoms with Gasteiger partial charge in [-0.25, -0.2) is 9.78 Å². The molecule has 10 heteroatoms. The SMILES string of the molecule is CN(C)CCN(C(=O)Nc1cccc(C(F)(F)F)c1)c1nc(-c2cccc(Cl)c2)cs1. The predicted molar refractivity (Wildman–Crippen MR) is 119 cm³/mol. The first kappa shape index (κ1) is 23.1. The average Bonchev–Trinajstić information content (AvgIpc) is 3.17. The van der Waals surface area contributed by atoms with Crippen LogP contribution in [0.2, 0.25) is 5.02 Å². The third-order valence-corrected chi connectivity index (χ3v) is 5.40.